The molecule has 1 amide bonds. The fraction of sp³-hybridized carbons (Fsp3) is 0.462. The van der Waals surface area contributed by atoms with Crippen LogP contribution in [0.4, 0.5) is 5.69 Å². The van der Waals surface area contributed by atoms with Crippen molar-refractivity contribution in [2.75, 3.05) is 25.5 Å². The number of carbonyl (C=O) groups is 1. The Balaban J connectivity index is 2.60. The molecule has 0 saturated heterocycles. The van der Waals surface area contributed by atoms with Crippen LogP contribution in [0.15, 0.2) is 18.2 Å². The minimum absolute atomic E-state index is 0.0534. The van der Waals surface area contributed by atoms with Gasteiger partial charge in [-0.3, -0.25) is 4.79 Å². The van der Waals surface area contributed by atoms with Crippen LogP contribution in [0.2, 0.25) is 0 Å². The van der Waals surface area contributed by atoms with Gasteiger partial charge in [-0.25, -0.2) is 0 Å². The van der Waals surface area contributed by atoms with Gasteiger partial charge in [0, 0.05) is 0 Å². The first-order chi connectivity index (χ1) is 8.17. The van der Waals surface area contributed by atoms with E-state index < -0.39 is 0 Å². The van der Waals surface area contributed by atoms with Crippen molar-refractivity contribution in [2.24, 2.45) is 0 Å². The van der Waals surface area contributed by atoms with E-state index in [0.29, 0.717) is 12.3 Å². The number of anilines is 1. The summed E-state index contributed by atoms with van der Waals surface area (Å²) in [6.45, 7) is 5.21. The highest BCUT2D eigenvalue weighted by Gasteiger charge is 2.06. The molecule has 0 bridgehead atoms. The molecule has 0 spiro atoms. The van der Waals surface area contributed by atoms with Gasteiger partial charge in [0.15, 0.2) is 0 Å². The van der Waals surface area contributed by atoms with Crippen molar-refractivity contribution in [3.05, 3.63) is 23.8 Å². The van der Waals surface area contributed by atoms with Crippen LogP contribution < -0.4 is 15.4 Å². The lowest BCUT2D eigenvalue weighted by Gasteiger charge is -2.11. The van der Waals surface area contributed by atoms with Gasteiger partial charge in [-0.15, -0.1) is 0 Å². The van der Waals surface area contributed by atoms with Gasteiger partial charge in [-0.1, -0.05) is 13.0 Å². The maximum atomic E-state index is 11.6. The van der Waals surface area contributed by atoms with Gasteiger partial charge in [-0.2, -0.15) is 0 Å². The lowest BCUT2D eigenvalue weighted by Crippen LogP contribution is -2.28. The van der Waals surface area contributed by atoms with Crippen LogP contribution in [-0.2, 0) is 4.79 Å². The number of hydrogen-bond donors (Lipinski definition) is 2. The zero-order valence-corrected chi connectivity index (χ0v) is 10.7. The second-order valence-corrected chi connectivity index (χ2v) is 3.93. The highest BCUT2D eigenvalue weighted by molar-refractivity contribution is 5.93. The van der Waals surface area contributed by atoms with Crippen LogP contribution in [0, 0.1) is 6.92 Å². The van der Waals surface area contributed by atoms with Crippen LogP contribution >= 0.6 is 0 Å². The van der Waals surface area contributed by atoms with Crippen molar-refractivity contribution in [1.82, 2.24) is 5.32 Å². The molecule has 0 unspecified atom stereocenters. The van der Waals surface area contributed by atoms with E-state index in [4.69, 9.17) is 4.74 Å². The first-order valence-electron chi connectivity index (χ1n) is 5.82. The summed E-state index contributed by atoms with van der Waals surface area (Å²) in [5.74, 6) is 0.627. The molecular weight excluding hydrogens is 216 g/mol. The van der Waals surface area contributed by atoms with Gasteiger partial charge < -0.3 is 15.4 Å². The van der Waals surface area contributed by atoms with Crippen molar-refractivity contribution in [1.29, 1.82) is 0 Å². The molecule has 0 radical (unpaired) electrons. The molecule has 1 aromatic rings. The van der Waals surface area contributed by atoms with Crippen molar-refractivity contribution in [3.8, 4) is 5.75 Å². The lowest BCUT2D eigenvalue weighted by molar-refractivity contribution is -0.115. The first kappa shape index (κ1) is 13.5. The summed E-state index contributed by atoms with van der Waals surface area (Å²) in [5.41, 5.74) is 1.80. The van der Waals surface area contributed by atoms with Crippen molar-refractivity contribution in [2.45, 2.75) is 20.3 Å². The summed E-state index contributed by atoms with van der Waals surface area (Å²) >= 11 is 0. The molecule has 2 N–H and O–H groups in total. The van der Waals surface area contributed by atoms with Crippen LogP contribution in [0.5, 0.6) is 5.75 Å². The average molecular weight is 236 g/mol. The maximum Gasteiger partial charge on any atom is 0.238 e. The third-order valence-corrected chi connectivity index (χ3v) is 2.34. The summed E-state index contributed by atoms with van der Waals surface area (Å²) in [6, 6.07) is 5.70. The van der Waals surface area contributed by atoms with Gasteiger partial charge in [0.2, 0.25) is 5.91 Å². The Morgan fingerprint density at radius 3 is 2.82 bits per heavy atom. The minimum atomic E-state index is -0.0534. The van der Waals surface area contributed by atoms with E-state index in [9.17, 15) is 4.79 Å². The number of aryl methyl sites for hydroxylation is 1. The average Bonchev–Trinajstić information content (AvgIpc) is 2.29. The molecule has 4 heteroatoms. The summed E-state index contributed by atoms with van der Waals surface area (Å²) < 4.78 is 5.19. The zero-order valence-electron chi connectivity index (χ0n) is 10.7. The summed E-state index contributed by atoms with van der Waals surface area (Å²) in [5, 5.41) is 5.89. The van der Waals surface area contributed by atoms with Crippen LogP contribution in [0.3, 0.4) is 0 Å². The zero-order chi connectivity index (χ0) is 12.7. The summed E-state index contributed by atoms with van der Waals surface area (Å²) in [7, 11) is 1.59. The van der Waals surface area contributed by atoms with Crippen LogP contribution in [0.1, 0.15) is 18.9 Å². The maximum absolute atomic E-state index is 11.6. The second-order valence-electron chi connectivity index (χ2n) is 3.93. The van der Waals surface area contributed by atoms with E-state index in [0.717, 1.165) is 24.2 Å². The van der Waals surface area contributed by atoms with E-state index in [-0.39, 0.29) is 5.91 Å². The smallest absolute Gasteiger partial charge is 0.238 e. The van der Waals surface area contributed by atoms with E-state index >= 15 is 0 Å². The normalized spacial score (nSPS) is 10.1. The number of benzene rings is 1. The predicted octanol–water partition coefficient (Wildman–Crippen LogP) is 1.94. The standard InChI is InChI=1S/C13H20N2O2/c1-4-7-14-9-13(16)15-11-8-10(2)5-6-12(11)17-3/h5-6,8,14H,4,7,9H2,1-3H3,(H,15,16). The minimum Gasteiger partial charge on any atom is -0.495 e. The number of carbonyl (C=O) groups excluding carboxylic acids is 1. The Morgan fingerprint density at radius 1 is 1.41 bits per heavy atom. The molecule has 0 saturated carbocycles. The Morgan fingerprint density at radius 2 is 2.18 bits per heavy atom. The molecule has 4 nitrogen and oxygen atoms in total. The Bertz CT molecular complexity index is 378. The topological polar surface area (TPSA) is 50.4 Å². The molecule has 1 rings (SSSR count). The van der Waals surface area contributed by atoms with Gasteiger partial charge in [0.1, 0.15) is 5.75 Å². The van der Waals surface area contributed by atoms with Gasteiger partial charge in [-0.05, 0) is 37.6 Å². The van der Waals surface area contributed by atoms with E-state index in [2.05, 4.69) is 17.6 Å². The Kier molecular flexibility index (Phi) is 5.49. The van der Waals surface area contributed by atoms with Gasteiger partial charge >= 0.3 is 0 Å². The SMILES string of the molecule is CCCNCC(=O)Nc1cc(C)ccc1OC. The first-order valence-corrected chi connectivity index (χ1v) is 5.82. The number of methoxy groups -OCH3 is 1. The Labute approximate surface area is 102 Å². The number of hydrogen-bond acceptors (Lipinski definition) is 3. The van der Waals surface area contributed by atoms with Crippen molar-refractivity contribution in [3.63, 3.8) is 0 Å². The van der Waals surface area contributed by atoms with Gasteiger partial charge in [0.05, 0.1) is 19.3 Å². The molecule has 1 aromatic carbocycles. The van der Waals surface area contributed by atoms with E-state index in [1.54, 1.807) is 7.11 Å². The van der Waals surface area contributed by atoms with Gasteiger partial charge in [0.25, 0.3) is 0 Å². The quantitative estimate of drug-likeness (QED) is 0.742. The van der Waals surface area contributed by atoms with E-state index in [1.807, 2.05) is 25.1 Å². The molecule has 17 heavy (non-hydrogen) atoms. The molecule has 0 fully saturated rings. The highest BCUT2D eigenvalue weighted by Crippen LogP contribution is 2.24. The second kappa shape index (κ2) is 6.91. The predicted molar refractivity (Wildman–Crippen MR) is 69.5 cm³/mol. The summed E-state index contributed by atoms with van der Waals surface area (Å²) in [6.07, 6.45) is 1.01. The van der Waals surface area contributed by atoms with Crippen LogP contribution in [-0.4, -0.2) is 26.1 Å². The molecular formula is C13H20N2O2. The van der Waals surface area contributed by atoms with Crippen molar-refractivity contribution < 1.29 is 9.53 Å². The molecule has 94 valence electrons. The lowest BCUT2D eigenvalue weighted by atomic mass is 10.2. The Hall–Kier alpha value is -1.55. The monoisotopic (exact) mass is 236 g/mol. The van der Waals surface area contributed by atoms with E-state index in [1.165, 1.54) is 0 Å². The molecule has 0 aliphatic rings. The fourth-order valence-electron chi connectivity index (χ4n) is 1.49. The molecule has 0 heterocycles. The number of ether oxygens (including phenoxy) is 1. The van der Waals surface area contributed by atoms with Crippen LogP contribution in [0.25, 0.3) is 0 Å². The molecule has 0 aliphatic heterocycles. The summed E-state index contributed by atoms with van der Waals surface area (Å²) in [4.78, 5) is 11.6. The molecule has 0 aliphatic carbocycles. The van der Waals surface area contributed by atoms with Crippen molar-refractivity contribution >= 4 is 11.6 Å². The largest absolute Gasteiger partial charge is 0.495 e. The number of nitrogens with one attached hydrogen (secondary N) is 2. The highest BCUT2D eigenvalue weighted by atomic mass is 16.5. The third-order valence-electron chi connectivity index (χ3n) is 2.34. The third kappa shape index (κ3) is 4.44. The fourth-order valence-corrected chi connectivity index (χ4v) is 1.49. The number of rotatable bonds is 6. The number of amides is 1. The molecule has 0 atom stereocenters. The molecule has 0 aromatic heterocycles.